The van der Waals surface area contributed by atoms with Gasteiger partial charge in [-0.25, -0.2) is 4.98 Å². The number of hydrogen-bond donors (Lipinski definition) is 0. The zero-order valence-electron chi connectivity index (χ0n) is 17.4. The van der Waals surface area contributed by atoms with Crippen LogP contribution in [0, 0.1) is 13.8 Å². The summed E-state index contributed by atoms with van der Waals surface area (Å²) >= 11 is 0. The maximum absolute atomic E-state index is 12.9. The number of anilines is 1. The zero-order chi connectivity index (χ0) is 20.7. The lowest BCUT2D eigenvalue weighted by molar-refractivity contribution is -0.117. The third kappa shape index (κ3) is 3.28. The van der Waals surface area contributed by atoms with Crippen molar-refractivity contribution in [1.82, 2.24) is 9.55 Å². The number of benzene rings is 3. The summed E-state index contributed by atoms with van der Waals surface area (Å²) in [6, 6.07) is 24.9. The Labute approximate surface area is 176 Å². The van der Waals surface area contributed by atoms with Gasteiger partial charge in [-0.2, -0.15) is 0 Å². The van der Waals surface area contributed by atoms with Gasteiger partial charge >= 0.3 is 0 Å². The molecule has 0 spiro atoms. The minimum absolute atomic E-state index is 0.0789. The Bertz CT molecular complexity index is 1230. The largest absolute Gasteiger partial charge is 0.323 e. The third-order valence-electron chi connectivity index (χ3n) is 6.16. The average Bonchev–Trinajstić information content (AvgIpc) is 3.32. The van der Waals surface area contributed by atoms with E-state index >= 15 is 0 Å². The van der Waals surface area contributed by atoms with Crippen molar-refractivity contribution >= 4 is 22.6 Å². The van der Waals surface area contributed by atoms with Crippen LogP contribution in [-0.2, 0) is 11.3 Å². The van der Waals surface area contributed by atoms with Crippen molar-refractivity contribution in [2.24, 2.45) is 0 Å². The van der Waals surface area contributed by atoms with Crippen molar-refractivity contribution in [3.8, 4) is 0 Å². The normalized spacial score (nSPS) is 16.5. The van der Waals surface area contributed by atoms with Gasteiger partial charge in [0.1, 0.15) is 5.82 Å². The number of aromatic nitrogens is 2. The minimum Gasteiger partial charge on any atom is -0.323 e. The van der Waals surface area contributed by atoms with Gasteiger partial charge in [-0.3, -0.25) is 4.79 Å². The van der Waals surface area contributed by atoms with Crippen molar-refractivity contribution < 1.29 is 4.79 Å². The van der Waals surface area contributed by atoms with E-state index in [1.807, 2.05) is 17.0 Å². The number of carbonyl (C=O) groups excluding carboxylic acids is 1. The molecule has 0 aliphatic carbocycles. The highest BCUT2D eigenvalue weighted by Crippen LogP contribution is 2.34. The molecule has 4 heteroatoms. The van der Waals surface area contributed by atoms with Gasteiger partial charge < -0.3 is 9.47 Å². The molecule has 2 heterocycles. The number of fused-ring (bicyclic) bond motifs is 1. The first kappa shape index (κ1) is 18.6. The number of carbonyl (C=O) groups is 1. The van der Waals surface area contributed by atoms with Crippen LogP contribution in [0.15, 0.2) is 72.8 Å². The summed E-state index contributed by atoms with van der Waals surface area (Å²) in [6.07, 6.45) is 0.491. The highest BCUT2D eigenvalue weighted by Gasteiger charge is 2.35. The number of aryl methyl sites for hydroxylation is 2. The van der Waals surface area contributed by atoms with Crippen molar-refractivity contribution in [3.05, 3.63) is 95.3 Å². The van der Waals surface area contributed by atoms with Crippen LogP contribution in [0.4, 0.5) is 5.69 Å². The third-order valence-corrected chi connectivity index (χ3v) is 6.16. The molecule has 1 atom stereocenters. The molecule has 150 valence electrons. The fourth-order valence-electron chi connectivity index (χ4n) is 4.36. The van der Waals surface area contributed by atoms with Crippen molar-refractivity contribution in [2.75, 3.05) is 11.4 Å². The summed E-state index contributed by atoms with van der Waals surface area (Å²) in [5.41, 5.74) is 6.77. The Kier molecular flexibility index (Phi) is 4.62. The van der Waals surface area contributed by atoms with Gasteiger partial charge in [-0.1, -0.05) is 48.5 Å². The van der Waals surface area contributed by atoms with E-state index in [1.165, 1.54) is 16.7 Å². The van der Waals surface area contributed by atoms with Gasteiger partial charge in [-0.05, 0) is 54.8 Å². The van der Waals surface area contributed by atoms with Crippen LogP contribution in [0.3, 0.4) is 0 Å². The van der Waals surface area contributed by atoms with Crippen LogP contribution in [0.5, 0.6) is 0 Å². The number of para-hydroxylation sites is 2. The lowest BCUT2D eigenvalue weighted by Crippen LogP contribution is -2.24. The molecular weight excluding hydrogens is 370 g/mol. The van der Waals surface area contributed by atoms with Gasteiger partial charge in [-0.15, -0.1) is 0 Å². The highest BCUT2D eigenvalue weighted by atomic mass is 16.2. The topological polar surface area (TPSA) is 38.1 Å². The molecule has 1 fully saturated rings. The smallest absolute Gasteiger partial charge is 0.227 e. The zero-order valence-corrected chi connectivity index (χ0v) is 17.4. The fraction of sp³-hybridized carbons (Fsp3) is 0.231. The van der Waals surface area contributed by atoms with Crippen molar-refractivity contribution in [3.63, 3.8) is 0 Å². The second-order valence-electron chi connectivity index (χ2n) is 8.20. The van der Waals surface area contributed by atoms with Gasteiger partial charge in [0.05, 0.1) is 11.0 Å². The van der Waals surface area contributed by atoms with Crippen molar-refractivity contribution in [1.29, 1.82) is 0 Å². The number of amides is 1. The lowest BCUT2D eigenvalue weighted by Gasteiger charge is -2.18. The number of nitrogens with zero attached hydrogens (tertiary/aromatic N) is 3. The van der Waals surface area contributed by atoms with Crippen LogP contribution in [-0.4, -0.2) is 22.0 Å². The fourth-order valence-corrected chi connectivity index (χ4v) is 4.36. The highest BCUT2D eigenvalue weighted by molar-refractivity contribution is 5.96. The van der Waals surface area contributed by atoms with Gasteiger partial charge in [0.15, 0.2) is 0 Å². The molecule has 3 aromatic carbocycles. The summed E-state index contributed by atoms with van der Waals surface area (Å²) in [5.74, 6) is 1.25. The summed E-state index contributed by atoms with van der Waals surface area (Å²) in [4.78, 5) is 19.8. The summed E-state index contributed by atoms with van der Waals surface area (Å²) in [7, 11) is 0. The standard InChI is InChI=1S/C26H25N3O/c1-18-12-13-22(14-19(18)2)28-17-21(15-25(28)30)26-27-23-10-6-7-11-24(23)29(26)16-20-8-4-3-5-9-20/h3-14,21H,15-17H2,1-2H3. The molecule has 30 heavy (non-hydrogen) atoms. The van der Waals surface area contributed by atoms with E-state index in [1.54, 1.807) is 0 Å². The molecule has 1 aliphatic heterocycles. The second kappa shape index (κ2) is 7.45. The predicted molar refractivity (Wildman–Crippen MR) is 121 cm³/mol. The van der Waals surface area contributed by atoms with Gasteiger partial charge in [0, 0.05) is 31.1 Å². The molecule has 0 radical (unpaired) electrons. The van der Waals surface area contributed by atoms with Crippen LogP contribution in [0.25, 0.3) is 11.0 Å². The SMILES string of the molecule is Cc1ccc(N2CC(c3nc4ccccc4n3Cc3ccccc3)CC2=O)cc1C. The molecule has 1 saturated heterocycles. The summed E-state index contributed by atoms with van der Waals surface area (Å²) < 4.78 is 2.28. The Morgan fingerprint density at radius 2 is 1.70 bits per heavy atom. The first-order valence-corrected chi connectivity index (χ1v) is 10.5. The van der Waals surface area contributed by atoms with E-state index < -0.39 is 0 Å². The Hall–Kier alpha value is -3.40. The number of rotatable bonds is 4. The van der Waals surface area contributed by atoms with Gasteiger partial charge in [0.25, 0.3) is 0 Å². The van der Waals surface area contributed by atoms with Gasteiger partial charge in [0.2, 0.25) is 5.91 Å². The van der Waals surface area contributed by atoms with E-state index in [2.05, 4.69) is 79.1 Å². The van der Waals surface area contributed by atoms with E-state index in [0.29, 0.717) is 13.0 Å². The monoisotopic (exact) mass is 395 g/mol. The van der Waals surface area contributed by atoms with Crippen LogP contribution in [0.2, 0.25) is 0 Å². The quantitative estimate of drug-likeness (QED) is 0.475. The molecule has 1 aliphatic rings. The molecule has 4 aromatic rings. The predicted octanol–water partition coefficient (Wildman–Crippen LogP) is 5.22. The molecule has 0 saturated carbocycles. The van der Waals surface area contributed by atoms with Crippen molar-refractivity contribution in [2.45, 2.75) is 32.7 Å². The Balaban J connectivity index is 1.52. The molecule has 5 rings (SSSR count). The van der Waals surface area contributed by atoms with E-state index in [0.717, 1.165) is 29.1 Å². The van der Waals surface area contributed by atoms with E-state index in [-0.39, 0.29) is 11.8 Å². The first-order valence-electron chi connectivity index (χ1n) is 10.5. The lowest BCUT2D eigenvalue weighted by atomic mass is 10.1. The number of hydrogen-bond acceptors (Lipinski definition) is 2. The molecule has 1 aromatic heterocycles. The number of imidazole rings is 1. The average molecular weight is 396 g/mol. The van der Waals surface area contributed by atoms with Crippen LogP contribution in [0.1, 0.15) is 34.9 Å². The molecule has 1 unspecified atom stereocenters. The second-order valence-corrected chi connectivity index (χ2v) is 8.20. The summed E-state index contributed by atoms with van der Waals surface area (Å²) in [6.45, 7) is 5.61. The molecular formula is C26H25N3O. The molecule has 0 bridgehead atoms. The minimum atomic E-state index is 0.0789. The summed E-state index contributed by atoms with van der Waals surface area (Å²) in [5, 5.41) is 0. The Morgan fingerprint density at radius 1 is 0.933 bits per heavy atom. The molecule has 1 amide bonds. The van der Waals surface area contributed by atoms with Crippen LogP contribution >= 0.6 is 0 Å². The van der Waals surface area contributed by atoms with Crippen LogP contribution < -0.4 is 4.90 Å². The maximum Gasteiger partial charge on any atom is 0.227 e. The Morgan fingerprint density at radius 3 is 2.50 bits per heavy atom. The van der Waals surface area contributed by atoms with E-state index in [9.17, 15) is 4.79 Å². The van der Waals surface area contributed by atoms with E-state index in [4.69, 9.17) is 4.98 Å². The molecule has 0 N–H and O–H groups in total. The first-order chi connectivity index (χ1) is 14.6. The maximum atomic E-state index is 12.9. The molecule has 4 nitrogen and oxygen atoms in total.